The van der Waals surface area contributed by atoms with Crippen LogP contribution >= 0.6 is 0 Å². The minimum Gasteiger partial charge on any atom is -0.328 e. The minimum absolute atomic E-state index is 0.102. The zero-order chi connectivity index (χ0) is 20.4. The molecular formula is C20H20F2N6O. The lowest BCUT2D eigenvalue weighted by Crippen LogP contribution is -2.28. The second-order valence-electron chi connectivity index (χ2n) is 7.14. The largest absolute Gasteiger partial charge is 0.328 e. The molecule has 2 heterocycles. The molecule has 3 N–H and O–H groups in total. The van der Waals surface area contributed by atoms with Gasteiger partial charge in [0.05, 0.1) is 12.2 Å². The number of rotatable bonds is 4. The molecule has 0 saturated heterocycles. The smallest absolute Gasteiger partial charge is 0.278 e. The Morgan fingerprint density at radius 2 is 1.93 bits per heavy atom. The normalized spacial score (nSPS) is 19.1. The van der Waals surface area contributed by atoms with Crippen molar-refractivity contribution in [3.8, 4) is 11.1 Å². The number of nitrogens with two attached hydrogens (primary N) is 1. The maximum atomic E-state index is 13.9. The molecule has 150 valence electrons. The average Bonchev–Trinajstić information content (AvgIpc) is 3.22. The van der Waals surface area contributed by atoms with Crippen LogP contribution in [0.2, 0.25) is 0 Å². The van der Waals surface area contributed by atoms with Crippen molar-refractivity contribution in [2.24, 2.45) is 5.73 Å². The highest BCUT2D eigenvalue weighted by atomic mass is 19.2. The Bertz CT molecular complexity index is 1010. The van der Waals surface area contributed by atoms with E-state index in [0.29, 0.717) is 5.56 Å². The molecule has 0 unspecified atom stereocenters. The molecule has 9 heteroatoms. The van der Waals surface area contributed by atoms with Crippen molar-refractivity contribution < 1.29 is 13.6 Å². The number of nitrogens with one attached hydrogen (secondary N) is 1. The molecule has 1 amide bonds. The van der Waals surface area contributed by atoms with Gasteiger partial charge < -0.3 is 11.1 Å². The fraction of sp³-hybridized carbons (Fsp3) is 0.300. The summed E-state index contributed by atoms with van der Waals surface area (Å²) in [6.45, 7) is 0. The topological polar surface area (TPSA) is 98.7 Å². The number of anilines is 1. The van der Waals surface area contributed by atoms with Gasteiger partial charge in [-0.25, -0.2) is 18.4 Å². The number of aromatic nitrogens is 4. The Morgan fingerprint density at radius 3 is 2.66 bits per heavy atom. The summed E-state index contributed by atoms with van der Waals surface area (Å²) in [6.07, 6.45) is 6.65. The van der Waals surface area contributed by atoms with Gasteiger partial charge in [-0.3, -0.25) is 4.79 Å². The third-order valence-electron chi connectivity index (χ3n) is 5.13. The van der Waals surface area contributed by atoms with Crippen LogP contribution in [-0.4, -0.2) is 31.9 Å². The molecule has 7 nitrogen and oxygen atoms in total. The van der Waals surface area contributed by atoms with Crippen LogP contribution in [0.15, 0.2) is 42.7 Å². The van der Waals surface area contributed by atoms with Crippen LogP contribution in [0.3, 0.4) is 0 Å². The molecule has 2 aromatic heterocycles. The van der Waals surface area contributed by atoms with E-state index in [1.807, 2.05) is 0 Å². The third kappa shape index (κ3) is 4.14. The third-order valence-corrected chi connectivity index (χ3v) is 5.13. The van der Waals surface area contributed by atoms with Crippen molar-refractivity contribution in [3.63, 3.8) is 0 Å². The molecule has 0 radical (unpaired) electrons. The van der Waals surface area contributed by atoms with Gasteiger partial charge in [-0.15, -0.1) is 5.10 Å². The molecule has 1 aliphatic rings. The van der Waals surface area contributed by atoms with Crippen molar-refractivity contribution in [3.05, 3.63) is 60.1 Å². The van der Waals surface area contributed by atoms with Crippen LogP contribution in [0.25, 0.3) is 11.1 Å². The summed E-state index contributed by atoms with van der Waals surface area (Å²) in [6, 6.07) is 7.44. The maximum absolute atomic E-state index is 13.9. The molecule has 1 aliphatic carbocycles. The van der Waals surface area contributed by atoms with Gasteiger partial charge in [-0.05, 0) is 43.9 Å². The Morgan fingerprint density at radius 1 is 1.14 bits per heavy atom. The second-order valence-corrected chi connectivity index (χ2v) is 7.14. The fourth-order valence-electron chi connectivity index (χ4n) is 3.46. The lowest BCUT2D eigenvalue weighted by molar-refractivity contribution is 0.102. The first-order chi connectivity index (χ1) is 14.0. The second kappa shape index (κ2) is 8.04. The first-order valence-electron chi connectivity index (χ1n) is 9.40. The van der Waals surface area contributed by atoms with E-state index in [-0.39, 0.29) is 29.2 Å². The first kappa shape index (κ1) is 19.1. The molecule has 4 rings (SSSR count). The molecule has 1 aromatic carbocycles. The number of hydrogen-bond donors (Lipinski definition) is 2. The molecule has 1 fully saturated rings. The summed E-state index contributed by atoms with van der Waals surface area (Å²) in [4.78, 5) is 16.5. The standard InChI is InChI=1S/C20H20F2N6O/c21-16-3-1-2-15(19(16)22)12-4-9-18(24-10-12)25-20(29)17-11-28(27-26-17)14-7-5-13(23)6-8-14/h1-4,9-11,13-14H,5-8,23H2,(H,24,25,29). The van der Waals surface area contributed by atoms with E-state index >= 15 is 0 Å². The quantitative estimate of drug-likeness (QED) is 0.703. The number of halogens is 2. The predicted octanol–water partition coefficient (Wildman–Crippen LogP) is 3.31. The Kier molecular flexibility index (Phi) is 5.30. The number of hydrogen-bond acceptors (Lipinski definition) is 5. The molecule has 0 aliphatic heterocycles. The molecule has 0 bridgehead atoms. The van der Waals surface area contributed by atoms with E-state index < -0.39 is 17.5 Å². The summed E-state index contributed by atoms with van der Waals surface area (Å²) in [5, 5.41) is 10.6. The van der Waals surface area contributed by atoms with Crippen LogP contribution < -0.4 is 11.1 Å². The van der Waals surface area contributed by atoms with Crippen LogP contribution in [0.1, 0.15) is 42.2 Å². The summed E-state index contributed by atoms with van der Waals surface area (Å²) in [7, 11) is 0. The zero-order valence-corrected chi connectivity index (χ0v) is 15.6. The van der Waals surface area contributed by atoms with Crippen molar-refractivity contribution in [2.45, 2.75) is 37.8 Å². The summed E-state index contributed by atoms with van der Waals surface area (Å²) in [5.74, 6) is -2.04. The first-order valence-corrected chi connectivity index (χ1v) is 9.40. The highest BCUT2D eigenvalue weighted by Gasteiger charge is 2.22. The van der Waals surface area contributed by atoms with E-state index in [1.165, 1.54) is 24.4 Å². The number of benzene rings is 1. The lowest BCUT2D eigenvalue weighted by Gasteiger charge is -2.25. The van der Waals surface area contributed by atoms with Crippen LogP contribution in [0.4, 0.5) is 14.6 Å². The summed E-state index contributed by atoms with van der Waals surface area (Å²) in [5.41, 5.74) is 6.61. The van der Waals surface area contributed by atoms with Gasteiger partial charge in [0.1, 0.15) is 5.82 Å². The Balaban J connectivity index is 1.43. The zero-order valence-electron chi connectivity index (χ0n) is 15.6. The maximum Gasteiger partial charge on any atom is 0.278 e. The Hall–Kier alpha value is -3.20. The van der Waals surface area contributed by atoms with Gasteiger partial charge in [0.15, 0.2) is 17.3 Å². The van der Waals surface area contributed by atoms with Gasteiger partial charge in [-0.1, -0.05) is 17.3 Å². The van der Waals surface area contributed by atoms with Gasteiger partial charge in [0.2, 0.25) is 0 Å². The van der Waals surface area contributed by atoms with Gasteiger partial charge >= 0.3 is 0 Å². The molecule has 0 spiro atoms. The van der Waals surface area contributed by atoms with E-state index in [2.05, 4.69) is 20.6 Å². The average molecular weight is 398 g/mol. The molecule has 0 atom stereocenters. The number of carbonyl (C=O) groups excluding carboxylic acids is 1. The van der Waals surface area contributed by atoms with E-state index in [4.69, 9.17) is 5.73 Å². The van der Waals surface area contributed by atoms with Crippen molar-refractivity contribution in [1.29, 1.82) is 0 Å². The van der Waals surface area contributed by atoms with Crippen molar-refractivity contribution >= 4 is 11.7 Å². The lowest BCUT2D eigenvalue weighted by atomic mass is 9.92. The highest BCUT2D eigenvalue weighted by molar-refractivity contribution is 6.02. The SMILES string of the molecule is NC1CCC(n2cc(C(=O)Nc3ccc(-c4cccc(F)c4F)cn3)nn2)CC1. The monoisotopic (exact) mass is 398 g/mol. The highest BCUT2D eigenvalue weighted by Crippen LogP contribution is 2.27. The molecule has 29 heavy (non-hydrogen) atoms. The number of nitrogens with zero attached hydrogens (tertiary/aromatic N) is 4. The summed E-state index contributed by atoms with van der Waals surface area (Å²) >= 11 is 0. The molecule has 1 saturated carbocycles. The van der Waals surface area contributed by atoms with E-state index in [1.54, 1.807) is 16.9 Å². The van der Waals surface area contributed by atoms with Crippen LogP contribution in [-0.2, 0) is 0 Å². The van der Waals surface area contributed by atoms with Crippen LogP contribution in [0, 0.1) is 11.6 Å². The van der Waals surface area contributed by atoms with E-state index in [9.17, 15) is 13.6 Å². The van der Waals surface area contributed by atoms with Crippen LogP contribution in [0.5, 0.6) is 0 Å². The fourth-order valence-corrected chi connectivity index (χ4v) is 3.46. The van der Waals surface area contributed by atoms with Gasteiger partial charge in [0, 0.05) is 23.4 Å². The molecule has 3 aromatic rings. The minimum atomic E-state index is -0.939. The van der Waals surface area contributed by atoms with E-state index in [0.717, 1.165) is 31.7 Å². The number of carbonyl (C=O) groups is 1. The number of pyridine rings is 1. The predicted molar refractivity (Wildman–Crippen MR) is 103 cm³/mol. The van der Waals surface area contributed by atoms with Gasteiger partial charge in [0.25, 0.3) is 5.91 Å². The van der Waals surface area contributed by atoms with Gasteiger partial charge in [-0.2, -0.15) is 0 Å². The Labute approximate surface area is 165 Å². The summed E-state index contributed by atoms with van der Waals surface area (Å²) < 4.78 is 29.0. The number of amides is 1. The van der Waals surface area contributed by atoms with Crippen molar-refractivity contribution in [2.75, 3.05) is 5.32 Å². The molecular weight excluding hydrogens is 378 g/mol. The van der Waals surface area contributed by atoms with Crippen molar-refractivity contribution in [1.82, 2.24) is 20.0 Å².